The number of nitrogens with zero attached hydrogens (tertiary/aromatic N) is 1. The number of hydrogen-bond acceptors (Lipinski definition) is 21. The standard InChI is InChI=1S/2C16H30N4O6S.C16H28N4O5S/c1-17-11(15(24)18-2)10-27-12(9-14(22)23)16(25)20-7-5-13(21)19-6-4-8-26-3;1-17-11(15(23)18-2)10-27-12(16(24)25)9-14(22)20-7-5-13(21)19-6-4-8-26-3;1-17-11(15(23)18-2)10-26-12-9-14(22)20(16(12)24)7-5-13(21)19-6-4-8-25-3/h11-12,17H,4-10H2,1-3H3,(H,18,24)(H,19,21)(H,20,25)(H,22,23);11-12,17H,4-10H2,1-3H3,(H,18,23)(H,19,21)(H,20,22)(H,24,25);11-12,17H,4-10H2,1-3H3,(H,18,23)(H,19,21)/t3*11-,12?/m000/s1. The lowest BCUT2D eigenvalue weighted by Gasteiger charge is -2.18. The minimum Gasteiger partial charge on any atom is -0.481 e. The monoisotopic (exact) mass is 1200 g/mol. The summed E-state index contributed by atoms with van der Waals surface area (Å²) >= 11 is 3.38. The Kier molecular flexibility index (Phi) is 46.4. The molecule has 1 aliphatic rings. The van der Waals surface area contributed by atoms with E-state index >= 15 is 0 Å². The summed E-state index contributed by atoms with van der Waals surface area (Å²) in [4.78, 5) is 142. The molecule has 0 aromatic heterocycles. The van der Waals surface area contributed by atoms with Gasteiger partial charge in [0.25, 0.3) is 0 Å². The number of hydrogen-bond donors (Lipinski definition) is 13. The number of amides is 10. The van der Waals surface area contributed by atoms with Crippen molar-refractivity contribution in [1.29, 1.82) is 0 Å². The van der Waals surface area contributed by atoms with Gasteiger partial charge in [-0.1, -0.05) is 0 Å². The van der Waals surface area contributed by atoms with Crippen LogP contribution in [0, 0.1) is 0 Å². The van der Waals surface area contributed by atoms with Gasteiger partial charge >= 0.3 is 11.9 Å². The Bertz CT molecular complexity index is 1920. The van der Waals surface area contributed by atoms with E-state index in [0.717, 1.165) is 28.4 Å². The van der Waals surface area contributed by atoms with Gasteiger partial charge in [0.05, 0.1) is 35.0 Å². The van der Waals surface area contributed by atoms with Gasteiger partial charge in [-0.3, -0.25) is 62.4 Å². The number of carboxylic acid groups (broad SMARTS) is 2. The molecule has 0 aromatic rings. The Hall–Kier alpha value is -5.35. The summed E-state index contributed by atoms with van der Waals surface area (Å²) in [7, 11) is 14.2. The first kappa shape index (κ1) is 76.7. The second-order valence-corrected chi connectivity index (χ2v) is 20.7. The van der Waals surface area contributed by atoms with Gasteiger partial charge < -0.3 is 82.9 Å². The maximum absolute atomic E-state index is 12.4. The van der Waals surface area contributed by atoms with E-state index in [4.69, 9.17) is 19.3 Å². The van der Waals surface area contributed by atoms with E-state index in [1.807, 2.05) is 0 Å². The van der Waals surface area contributed by atoms with Gasteiger partial charge in [0.2, 0.25) is 59.1 Å². The Morgan fingerprint density at radius 3 is 1.32 bits per heavy atom. The van der Waals surface area contributed by atoms with Crippen molar-refractivity contribution in [2.75, 3.05) is 140 Å². The van der Waals surface area contributed by atoms with Gasteiger partial charge in [-0.25, -0.2) is 0 Å². The number of carboxylic acids is 2. The fourth-order valence-electron chi connectivity index (χ4n) is 6.43. The normalized spacial score (nSPS) is 14.5. The van der Waals surface area contributed by atoms with E-state index in [1.165, 1.54) is 25.9 Å². The van der Waals surface area contributed by atoms with E-state index in [1.54, 1.807) is 49.5 Å². The van der Waals surface area contributed by atoms with Gasteiger partial charge in [-0.05, 0) is 40.4 Å². The van der Waals surface area contributed by atoms with Crippen LogP contribution >= 0.6 is 35.3 Å². The maximum atomic E-state index is 12.4. The molecule has 460 valence electrons. The van der Waals surface area contributed by atoms with Crippen LogP contribution in [-0.4, -0.2) is 260 Å². The molecule has 0 aromatic carbocycles. The summed E-state index contributed by atoms with van der Waals surface area (Å²) < 4.78 is 14.6. The van der Waals surface area contributed by atoms with Crippen molar-refractivity contribution in [3.63, 3.8) is 0 Å². The predicted octanol–water partition coefficient (Wildman–Crippen LogP) is -4.16. The lowest BCUT2D eigenvalue weighted by Crippen LogP contribution is -2.44. The van der Waals surface area contributed by atoms with E-state index < -0.39 is 57.6 Å². The Labute approximate surface area is 481 Å². The van der Waals surface area contributed by atoms with Gasteiger partial charge in [-0.15, -0.1) is 35.3 Å². The van der Waals surface area contributed by atoms with Crippen LogP contribution in [0.2, 0.25) is 0 Å². The number of likely N-dealkylation sites (tertiary alicyclic amines) is 1. The largest absolute Gasteiger partial charge is 0.481 e. The highest BCUT2D eigenvalue weighted by molar-refractivity contribution is 8.01. The summed E-state index contributed by atoms with van der Waals surface area (Å²) in [6.07, 6.45) is 1.90. The number of likely N-dealkylation sites (N-methyl/N-ethyl adjacent to an activating group) is 6. The van der Waals surface area contributed by atoms with Gasteiger partial charge in [0.1, 0.15) is 5.25 Å². The molecule has 29 nitrogen and oxygen atoms in total. The van der Waals surface area contributed by atoms with E-state index in [0.29, 0.717) is 64.5 Å². The molecule has 1 rings (SSSR count). The summed E-state index contributed by atoms with van der Waals surface area (Å²) in [5.74, 6) is -4.17. The molecule has 10 amide bonds. The number of imide groups is 1. The third-order valence-electron chi connectivity index (χ3n) is 11.1. The van der Waals surface area contributed by atoms with Crippen LogP contribution in [0.4, 0.5) is 0 Å². The van der Waals surface area contributed by atoms with Crippen molar-refractivity contribution in [3.05, 3.63) is 0 Å². The van der Waals surface area contributed by atoms with E-state index in [-0.39, 0.29) is 117 Å². The first-order valence-corrected chi connectivity index (χ1v) is 28.9. The number of rotatable bonds is 42. The molecule has 6 atom stereocenters. The van der Waals surface area contributed by atoms with Crippen molar-refractivity contribution in [1.82, 2.24) is 63.4 Å². The second kappa shape index (κ2) is 48.4. The SMILES string of the molecule is CNC(=O)[C@H](CSC(CC(=O)NCCC(=O)NCCCOC)C(=O)O)NC.CNC(=O)[C@H](CSC(CC(=O)O)C(=O)NCCC(=O)NCCCOC)NC.CNC(=O)[C@H](CSC1CC(=O)N(CCC(=O)NCCCOC)C1=O)NC. The number of aliphatic carboxylic acids is 2. The van der Waals surface area contributed by atoms with Crippen LogP contribution in [-0.2, 0) is 71.7 Å². The fourth-order valence-corrected chi connectivity index (χ4v) is 10.1. The smallest absolute Gasteiger partial charge is 0.317 e. The highest BCUT2D eigenvalue weighted by atomic mass is 32.2. The minimum absolute atomic E-state index is 0.0791. The molecule has 0 aliphatic carbocycles. The molecular formula is C48H88N12O17S3. The van der Waals surface area contributed by atoms with E-state index in [9.17, 15) is 62.6 Å². The van der Waals surface area contributed by atoms with Crippen LogP contribution in [0.3, 0.4) is 0 Å². The Balaban J connectivity index is 0. The number of thioether (sulfide) groups is 3. The van der Waals surface area contributed by atoms with Crippen LogP contribution < -0.4 is 58.5 Å². The lowest BCUT2D eigenvalue weighted by atomic mass is 10.3. The zero-order valence-corrected chi connectivity index (χ0v) is 50.0. The Morgan fingerprint density at radius 2 is 0.925 bits per heavy atom. The molecule has 80 heavy (non-hydrogen) atoms. The number of nitrogens with one attached hydrogen (secondary N) is 11. The topological polar surface area (TPSA) is 409 Å². The van der Waals surface area contributed by atoms with Gasteiger partial charge in [-0.2, -0.15) is 0 Å². The average Bonchev–Trinajstić information content (AvgIpc) is 3.71. The zero-order chi connectivity index (χ0) is 60.8. The molecule has 32 heteroatoms. The summed E-state index contributed by atoms with van der Waals surface area (Å²) in [6.45, 7) is 3.47. The summed E-state index contributed by atoms with van der Waals surface area (Å²) in [5.41, 5.74) is 0. The molecular weight excluding hydrogens is 1110 g/mol. The van der Waals surface area contributed by atoms with E-state index in [2.05, 4.69) is 58.5 Å². The number of carbonyl (C=O) groups is 12. The number of carbonyl (C=O) groups excluding carboxylic acids is 10. The number of methoxy groups -OCH3 is 3. The first-order chi connectivity index (χ1) is 38.1. The molecule has 0 saturated carbocycles. The minimum atomic E-state index is -1.13. The molecule has 3 unspecified atom stereocenters. The second-order valence-electron chi connectivity index (χ2n) is 17.0. The molecule has 1 saturated heterocycles. The molecule has 1 aliphatic heterocycles. The van der Waals surface area contributed by atoms with Crippen LogP contribution in [0.15, 0.2) is 0 Å². The lowest BCUT2D eigenvalue weighted by molar-refractivity contribution is -0.139. The molecule has 13 N–H and O–H groups in total. The van der Waals surface area contributed by atoms with Crippen molar-refractivity contribution in [2.45, 2.75) is 91.7 Å². The summed E-state index contributed by atoms with van der Waals surface area (Å²) in [6, 6.07) is -1.52. The average molecular weight is 1200 g/mol. The fraction of sp³-hybridized carbons (Fsp3) is 0.750. The van der Waals surface area contributed by atoms with Crippen LogP contribution in [0.25, 0.3) is 0 Å². The van der Waals surface area contributed by atoms with Crippen LogP contribution in [0.1, 0.15) is 57.8 Å². The molecule has 0 spiro atoms. The molecule has 1 fully saturated rings. The Morgan fingerprint density at radius 1 is 0.525 bits per heavy atom. The highest BCUT2D eigenvalue weighted by Gasteiger charge is 2.39. The van der Waals surface area contributed by atoms with Gasteiger partial charge in [0.15, 0.2) is 0 Å². The van der Waals surface area contributed by atoms with Gasteiger partial charge in [0, 0.05) is 151 Å². The third-order valence-corrected chi connectivity index (χ3v) is 15.0. The predicted molar refractivity (Wildman–Crippen MR) is 304 cm³/mol. The zero-order valence-electron chi connectivity index (χ0n) is 47.5. The molecule has 1 heterocycles. The van der Waals surface area contributed by atoms with Crippen molar-refractivity contribution < 1.29 is 82.0 Å². The van der Waals surface area contributed by atoms with Crippen molar-refractivity contribution >= 4 is 106 Å². The first-order valence-electron chi connectivity index (χ1n) is 25.8. The van der Waals surface area contributed by atoms with Crippen molar-refractivity contribution in [2.24, 2.45) is 0 Å². The quantitative estimate of drug-likeness (QED) is 0.0204. The van der Waals surface area contributed by atoms with Crippen molar-refractivity contribution in [3.8, 4) is 0 Å². The maximum Gasteiger partial charge on any atom is 0.317 e. The highest BCUT2D eigenvalue weighted by Crippen LogP contribution is 2.26. The summed E-state index contributed by atoms with van der Waals surface area (Å²) in [5, 5.41) is 45.2. The van der Waals surface area contributed by atoms with Crippen LogP contribution in [0.5, 0.6) is 0 Å². The number of ether oxygens (including phenoxy) is 3. The molecule has 0 radical (unpaired) electrons. The third kappa shape index (κ3) is 36.8. The molecule has 0 bridgehead atoms.